The number of hydrogen-bond acceptors (Lipinski definition) is 8. The quantitative estimate of drug-likeness (QED) is 0.378. The van der Waals surface area contributed by atoms with Crippen LogP contribution in [0.3, 0.4) is 0 Å². The maximum absolute atomic E-state index is 14.2. The highest BCUT2D eigenvalue weighted by atomic mass is 16.6. The molecule has 3 unspecified atom stereocenters. The van der Waals surface area contributed by atoms with Crippen LogP contribution in [0.5, 0.6) is 0 Å². The number of carbonyl (C=O) groups excluding carboxylic acids is 5. The number of carbonyl (C=O) groups is 5. The SMILES string of the molecule is CCOC(=O)CC(C)N1C(=O)c2cc(CCC(=O)NCC(N)C(=O)OC(C)(C)C)ccc2N(C)C(=O)C1c1ccccc1. The maximum Gasteiger partial charge on any atom is 0.325 e. The molecule has 1 heterocycles. The highest BCUT2D eigenvalue weighted by Gasteiger charge is 2.42. The van der Waals surface area contributed by atoms with Crippen molar-refractivity contribution < 1.29 is 33.4 Å². The van der Waals surface area contributed by atoms with Crippen molar-refractivity contribution in [3.63, 3.8) is 0 Å². The van der Waals surface area contributed by atoms with Gasteiger partial charge in [-0.15, -0.1) is 0 Å². The van der Waals surface area contributed by atoms with E-state index in [-0.39, 0.29) is 43.4 Å². The first-order valence-corrected chi connectivity index (χ1v) is 14.4. The zero-order valence-electron chi connectivity index (χ0n) is 25.7. The van der Waals surface area contributed by atoms with E-state index < -0.39 is 41.6 Å². The van der Waals surface area contributed by atoms with Crippen LogP contribution >= 0.6 is 0 Å². The molecule has 3 N–H and O–H groups in total. The molecule has 11 nitrogen and oxygen atoms in total. The molecule has 1 aliphatic heterocycles. The van der Waals surface area contributed by atoms with Crippen LogP contribution in [0, 0.1) is 0 Å². The molecule has 3 atom stereocenters. The summed E-state index contributed by atoms with van der Waals surface area (Å²) in [4.78, 5) is 68.0. The molecule has 0 saturated carbocycles. The van der Waals surface area contributed by atoms with Gasteiger partial charge in [0, 0.05) is 26.1 Å². The normalized spacial score (nSPS) is 16.6. The first-order chi connectivity index (χ1) is 20.2. The molecule has 0 saturated heterocycles. The Morgan fingerprint density at radius 1 is 1.07 bits per heavy atom. The number of nitrogens with one attached hydrogen (secondary N) is 1. The summed E-state index contributed by atoms with van der Waals surface area (Å²) in [5, 5.41) is 2.65. The Hall–Kier alpha value is -4.25. The second-order valence-electron chi connectivity index (χ2n) is 11.6. The van der Waals surface area contributed by atoms with E-state index in [1.54, 1.807) is 84.1 Å². The number of nitrogens with two attached hydrogens (primary N) is 1. The van der Waals surface area contributed by atoms with Crippen LogP contribution in [0.15, 0.2) is 48.5 Å². The third-order valence-electron chi connectivity index (χ3n) is 6.96. The molecule has 232 valence electrons. The predicted molar refractivity (Wildman–Crippen MR) is 161 cm³/mol. The van der Waals surface area contributed by atoms with Gasteiger partial charge in [-0.05, 0) is 64.3 Å². The van der Waals surface area contributed by atoms with Crippen molar-refractivity contribution >= 4 is 35.3 Å². The zero-order chi connectivity index (χ0) is 31.9. The van der Waals surface area contributed by atoms with Gasteiger partial charge in [0.2, 0.25) is 5.91 Å². The summed E-state index contributed by atoms with van der Waals surface area (Å²) in [5.74, 6) is -2.12. The average Bonchev–Trinajstić information content (AvgIpc) is 3.03. The molecule has 3 rings (SSSR count). The number of esters is 2. The molecule has 0 spiro atoms. The largest absolute Gasteiger partial charge is 0.466 e. The van der Waals surface area contributed by atoms with Gasteiger partial charge in [0.15, 0.2) is 0 Å². The van der Waals surface area contributed by atoms with Gasteiger partial charge >= 0.3 is 11.9 Å². The molecule has 1 aliphatic rings. The van der Waals surface area contributed by atoms with E-state index in [1.807, 2.05) is 6.07 Å². The van der Waals surface area contributed by atoms with Gasteiger partial charge in [-0.1, -0.05) is 36.4 Å². The second kappa shape index (κ2) is 14.3. The van der Waals surface area contributed by atoms with Crippen molar-refractivity contribution in [1.82, 2.24) is 10.2 Å². The summed E-state index contributed by atoms with van der Waals surface area (Å²) in [7, 11) is 1.62. The number of hydrogen-bond donors (Lipinski definition) is 2. The highest BCUT2D eigenvalue weighted by molar-refractivity contribution is 6.11. The van der Waals surface area contributed by atoms with Crippen molar-refractivity contribution in [2.75, 3.05) is 25.1 Å². The summed E-state index contributed by atoms with van der Waals surface area (Å²) in [6, 6.07) is 11.5. The van der Waals surface area contributed by atoms with Crippen molar-refractivity contribution in [3.05, 3.63) is 65.2 Å². The topological polar surface area (TPSA) is 148 Å². The van der Waals surface area contributed by atoms with E-state index in [1.165, 1.54) is 9.80 Å². The summed E-state index contributed by atoms with van der Waals surface area (Å²) in [5.41, 5.74) is 7.21. The molecule has 43 heavy (non-hydrogen) atoms. The van der Waals surface area contributed by atoms with Gasteiger partial charge in [-0.2, -0.15) is 0 Å². The predicted octanol–water partition coefficient (Wildman–Crippen LogP) is 2.91. The van der Waals surface area contributed by atoms with Crippen molar-refractivity contribution in [2.45, 2.75) is 77.6 Å². The second-order valence-corrected chi connectivity index (χ2v) is 11.6. The minimum Gasteiger partial charge on any atom is -0.466 e. The van der Waals surface area contributed by atoms with E-state index in [4.69, 9.17) is 15.2 Å². The average molecular weight is 595 g/mol. The Labute approximate surface area is 252 Å². The Balaban J connectivity index is 1.83. The third-order valence-corrected chi connectivity index (χ3v) is 6.96. The van der Waals surface area contributed by atoms with Crippen LogP contribution in [-0.2, 0) is 35.1 Å². The fourth-order valence-electron chi connectivity index (χ4n) is 4.86. The molecule has 2 aromatic rings. The van der Waals surface area contributed by atoms with E-state index in [0.717, 1.165) is 0 Å². The number of nitrogens with zero attached hydrogens (tertiary/aromatic N) is 2. The molecule has 2 aromatic carbocycles. The van der Waals surface area contributed by atoms with E-state index in [0.29, 0.717) is 23.2 Å². The summed E-state index contributed by atoms with van der Waals surface area (Å²) >= 11 is 0. The third kappa shape index (κ3) is 8.63. The number of aryl methyl sites for hydroxylation is 1. The molecule has 0 bridgehead atoms. The summed E-state index contributed by atoms with van der Waals surface area (Å²) in [6.07, 6.45) is 0.297. The Morgan fingerprint density at radius 3 is 2.37 bits per heavy atom. The molecule has 0 aliphatic carbocycles. The molecule has 0 aromatic heterocycles. The maximum atomic E-state index is 14.2. The lowest BCUT2D eigenvalue weighted by Crippen LogP contribution is -2.46. The number of likely N-dealkylation sites (N-methyl/N-ethyl adjacent to an activating group) is 1. The number of amides is 3. The van der Waals surface area contributed by atoms with Gasteiger partial charge in [0.1, 0.15) is 17.7 Å². The van der Waals surface area contributed by atoms with Crippen LogP contribution in [0.1, 0.15) is 75.0 Å². The number of benzene rings is 2. The number of fused-ring (bicyclic) bond motifs is 1. The van der Waals surface area contributed by atoms with E-state index in [2.05, 4.69) is 5.32 Å². The summed E-state index contributed by atoms with van der Waals surface area (Å²) < 4.78 is 10.4. The van der Waals surface area contributed by atoms with Crippen LogP contribution in [0.2, 0.25) is 0 Å². The number of anilines is 1. The van der Waals surface area contributed by atoms with Gasteiger partial charge in [0.05, 0.1) is 24.3 Å². The van der Waals surface area contributed by atoms with Gasteiger partial charge < -0.3 is 30.3 Å². The lowest BCUT2D eigenvalue weighted by atomic mass is 10.00. The van der Waals surface area contributed by atoms with Crippen LogP contribution in [-0.4, -0.2) is 72.4 Å². The van der Waals surface area contributed by atoms with Crippen molar-refractivity contribution in [3.8, 4) is 0 Å². The molecule has 0 radical (unpaired) electrons. The van der Waals surface area contributed by atoms with E-state index in [9.17, 15) is 24.0 Å². The molecule has 11 heteroatoms. The summed E-state index contributed by atoms with van der Waals surface area (Å²) in [6.45, 7) is 8.76. The number of ether oxygens (including phenoxy) is 2. The lowest BCUT2D eigenvalue weighted by molar-refractivity contribution is -0.156. The minimum absolute atomic E-state index is 0.0719. The Kier molecular flexibility index (Phi) is 11.0. The van der Waals surface area contributed by atoms with Crippen LogP contribution in [0.25, 0.3) is 0 Å². The Bertz CT molecular complexity index is 1340. The monoisotopic (exact) mass is 594 g/mol. The first kappa shape index (κ1) is 33.3. The Morgan fingerprint density at radius 2 is 1.74 bits per heavy atom. The standard InChI is InChI=1S/C32H42N4O7/c1-7-42-27(38)17-20(2)36-28(22-11-9-8-10-12-22)30(40)35(6)25-15-13-21(18-23(25)29(36)39)14-16-26(37)34-19-24(33)31(41)43-32(3,4)5/h8-13,15,18,20,24,28H,7,14,16-17,19,33H2,1-6H3,(H,34,37). The smallest absolute Gasteiger partial charge is 0.325 e. The highest BCUT2D eigenvalue weighted by Crippen LogP contribution is 2.36. The van der Waals surface area contributed by atoms with Crippen molar-refractivity contribution in [1.29, 1.82) is 0 Å². The van der Waals surface area contributed by atoms with Crippen LogP contribution in [0.4, 0.5) is 5.69 Å². The van der Waals surface area contributed by atoms with Crippen molar-refractivity contribution in [2.24, 2.45) is 5.73 Å². The van der Waals surface area contributed by atoms with Gasteiger partial charge in [0.25, 0.3) is 11.8 Å². The van der Waals surface area contributed by atoms with Gasteiger partial charge in [-0.25, -0.2) is 0 Å². The minimum atomic E-state index is -0.999. The number of rotatable bonds is 11. The molecular weight excluding hydrogens is 552 g/mol. The molecule has 3 amide bonds. The van der Waals surface area contributed by atoms with Gasteiger partial charge in [-0.3, -0.25) is 24.0 Å². The molecular formula is C32H42N4O7. The first-order valence-electron chi connectivity index (χ1n) is 14.4. The fraction of sp³-hybridized carbons (Fsp3) is 0.469. The van der Waals surface area contributed by atoms with Crippen LogP contribution < -0.4 is 16.0 Å². The molecule has 0 fully saturated rings. The zero-order valence-corrected chi connectivity index (χ0v) is 25.7. The fourth-order valence-corrected chi connectivity index (χ4v) is 4.86. The van der Waals surface area contributed by atoms with E-state index >= 15 is 0 Å². The lowest BCUT2D eigenvalue weighted by Gasteiger charge is -2.34.